The van der Waals surface area contributed by atoms with E-state index in [0.29, 0.717) is 6.04 Å². The lowest BCUT2D eigenvalue weighted by Crippen LogP contribution is -2.37. The number of imidazole rings is 1. The molecule has 0 radical (unpaired) electrons. The molecule has 25 heavy (non-hydrogen) atoms. The number of pyridine rings is 1. The maximum absolute atomic E-state index is 5.57. The van der Waals surface area contributed by atoms with E-state index in [-0.39, 0.29) is 0 Å². The van der Waals surface area contributed by atoms with Crippen molar-refractivity contribution in [1.29, 1.82) is 0 Å². The molecule has 4 heterocycles. The largest absolute Gasteiger partial charge is 0.380 e. The second-order valence-corrected chi connectivity index (χ2v) is 7.15. The van der Waals surface area contributed by atoms with Crippen LogP contribution >= 0.6 is 0 Å². The minimum absolute atomic E-state index is 0.598. The van der Waals surface area contributed by atoms with Crippen LogP contribution in [0.15, 0.2) is 30.7 Å². The molecule has 1 fully saturated rings. The summed E-state index contributed by atoms with van der Waals surface area (Å²) in [6.07, 6.45) is 8.02. The average Bonchev–Trinajstić information content (AvgIpc) is 3.23. The van der Waals surface area contributed by atoms with Crippen LogP contribution in [0.1, 0.15) is 23.5 Å². The topological polar surface area (TPSA) is 46.4 Å². The third-order valence-electron chi connectivity index (χ3n) is 5.28. The highest BCUT2D eigenvalue weighted by molar-refractivity contribution is 5.10. The molecule has 1 unspecified atom stereocenters. The van der Waals surface area contributed by atoms with Gasteiger partial charge in [-0.05, 0) is 25.1 Å². The Morgan fingerprint density at radius 2 is 2.20 bits per heavy atom. The molecule has 2 aromatic rings. The minimum Gasteiger partial charge on any atom is -0.380 e. The van der Waals surface area contributed by atoms with Crippen LogP contribution in [0.2, 0.25) is 0 Å². The van der Waals surface area contributed by atoms with Crippen LogP contribution in [0.4, 0.5) is 0 Å². The Labute approximate surface area is 149 Å². The number of hydrogen-bond acceptors (Lipinski definition) is 5. The Bertz CT molecular complexity index is 680. The van der Waals surface area contributed by atoms with E-state index in [4.69, 9.17) is 9.72 Å². The smallest absolute Gasteiger partial charge is 0.110 e. The van der Waals surface area contributed by atoms with Gasteiger partial charge in [0.15, 0.2) is 0 Å². The number of nitrogens with zero attached hydrogens (tertiary/aromatic N) is 5. The maximum atomic E-state index is 5.57. The summed E-state index contributed by atoms with van der Waals surface area (Å²) >= 11 is 0. The average molecular weight is 341 g/mol. The van der Waals surface area contributed by atoms with E-state index in [1.165, 1.54) is 23.5 Å². The minimum atomic E-state index is 0.598. The van der Waals surface area contributed by atoms with Crippen LogP contribution in [0.3, 0.4) is 0 Å². The van der Waals surface area contributed by atoms with E-state index in [1.807, 2.05) is 18.5 Å². The van der Waals surface area contributed by atoms with E-state index < -0.39 is 0 Å². The van der Waals surface area contributed by atoms with Gasteiger partial charge in [0.25, 0.3) is 0 Å². The van der Waals surface area contributed by atoms with Crippen LogP contribution in [-0.4, -0.2) is 63.7 Å². The van der Waals surface area contributed by atoms with Crippen LogP contribution in [-0.2, 0) is 30.8 Å². The zero-order valence-electron chi connectivity index (χ0n) is 15.0. The second-order valence-electron chi connectivity index (χ2n) is 7.15. The highest BCUT2D eigenvalue weighted by Crippen LogP contribution is 2.18. The lowest BCUT2D eigenvalue weighted by atomic mass is 10.2. The van der Waals surface area contributed by atoms with Crippen molar-refractivity contribution in [1.82, 2.24) is 24.3 Å². The molecular formula is C19H27N5O. The van der Waals surface area contributed by atoms with Crippen molar-refractivity contribution in [3.63, 3.8) is 0 Å². The van der Waals surface area contributed by atoms with Crippen molar-refractivity contribution in [2.75, 3.05) is 33.4 Å². The van der Waals surface area contributed by atoms with Crippen molar-refractivity contribution in [2.45, 2.75) is 38.5 Å². The summed E-state index contributed by atoms with van der Waals surface area (Å²) in [4.78, 5) is 13.8. The van der Waals surface area contributed by atoms with Crippen LogP contribution in [0, 0.1) is 0 Å². The molecule has 2 aliphatic heterocycles. The molecule has 0 aromatic carbocycles. The number of aromatic nitrogens is 3. The van der Waals surface area contributed by atoms with Gasteiger partial charge in [-0.1, -0.05) is 6.07 Å². The van der Waals surface area contributed by atoms with Crippen molar-refractivity contribution in [3.8, 4) is 0 Å². The van der Waals surface area contributed by atoms with Gasteiger partial charge in [-0.2, -0.15) is 0 Å². The Hall–Kier alpha value is -1.76. The molecule has 6 nitrogen and oxygen atoms in total. The Balaban J connectivity index is 1.39. The zero-order chi connectivity index (χ0) is 17.1. The number of hydrogen-bond donors (Lipinski definition) is 0. The Morgan fingerprint density at radius 3 is 3.00 bits per heavy atom. The molecule has 2 aromatic heterocycles. The summed E-state index contributed by atoms with van der Waals surface area (Å²) in [7, 11) is 2.16. The summed E-state index contributed by atoms with van der Waals surface area (Å²) in [5.74, 6) is 1.23. The first-order chi connectivity index (χ1) is 12.3. The summed E-state index contributed by atoms with van der Waals surface area (Å²) in [6, 6.07) is 4.72. The van der Waals surface area contributed by atoms with E-state index in [0.717, 1.165) is 52.4 Å². The van der Waals surface area contributed by atoms with Gasteiger partial charge in [0.1, 0.15) is 5.82 Å². The molecule has 0 aliphatic carbocycles. The maximum Gasteiger partial charge on any atom is 0.110 e. The lowest BCUT2D eigenvalue weighted by molar-refractivity contribution is 0.145. The Morgan fingerprint density at radius 1 is 1.24 bits per heavy atom. The first-order valence-corrected chi connectivity index (χ1v) is 9.22. The fourth-order valence-corrected chi connectivity index (χ4v) is 3.95. The van der Waals surface area contributed by atoms with Gasteiger partial charge < -0.3 is 9.30 Å². The molecule has 6 heteroatoms. The number of fused-ring (bicyclic) bond motifs is 1. The molecular weight excluding hydrogens is 314 g/mol. The lowest BCUT2D eigenvalue weighted by Gasteiger charge is -2.25. The molecule has 2 aliphatic rings. The van der Waals surface area contributed by atoms with Crippen molar-refractivity contribution in [2.24, 2.45) is 0 Å². The van der Waals surface area contributed by atoms with Gasteiger partial charge in [0, 0.05) is 70.4 Å². The summed E-state index contributed by atoms with van der Waals surface area (Å²) in [5.41, 5.74) is 2.55. The SMILES string of the molecule is CN(Cc1cccnc1)Cc1cnc2n1CCN(C1CCOC1)CC2. The second kappa shape index (κ2) is 7.64. The third kappa shape index (κ3) is 3.92. The van der Waals surface area contributed by atoms with E-state index in [1.54, 1.807) is 0 Å². The van der Waals surface area contributed by atoms with Crippen molar-refractivity contribution < 1.29 is 4.74 Å². The predicted octanol–water partition coefficient (Wildman–Crippen LogP) is 1.56. The molecule has 4 rings (SSSR count). The summed E-state index contributed by atoms with van der Waals surface area (Å²) < 4.78 is 7.99. The molecule has 0 saturated carbocycles. The standard InChI is InChI=1S/C19H27N5O/c1-22(13-16-3-2-6-20-11-16)14-18-12-21-19-4-7-23(8-9-24(18)19)17-5-10-25-15-17/h2-3,6,11-12,17H,4-5,7-10,13-15H2,1H3. The van der Waals surface area contributed by atoms with Crippen molar-refractivity contribution in [3.05, 3.63) is 47.8 Å². The van der Waals surface area contributed by atoms with Gasteiger partial charge in [0.2, 0.25) is 0 Å². The van der Waals surface area contributed by atoms with Gasteiger partial charge in [0.05, 0.1) is 12.3 Å². The fraction of sp³-hybridized carbons (Fsp3) is 0.579. The zero-order valence-corrected chi connectivity index (χ0v) is 15.0. The molecule has 1 saturated heterocycles. The van der Waals surface area contributed by atoms with Gasteiger partial charge in [-0.3, -0.25) is 14.8 Å². The highest BCUT2D eigenvalue weighted by atomic mass is 16.5. The third-order valence-corrected chi connectivity index (χ3v) is 5.28. The first-order valence-electron chi connectivity index (χ1n) is 9.22. The number of rotatable bonds is 5. The summed E-state index contributed by atoms with van der Waals surface area (Å²) in [6.45, 7) is 6.84. The molecule has 0 bridgehead atoms. The molecule has 0 spiro atoms. The van der Waals surface area contributed by atoms with E-state index >= 15 is 0 Å². The van der Waals surface area contributed by atoms with Crippen LogP contribution < -0.4 is 0 Å². The normalized spacial score (nSPS) is 21.4. The Kier molecular flexibility index (Phi) is 5.10. The predicted molar refractivity (Wildman–Crippen MR) is 96.1 cm³/mol. The van der Waals surface area contributed by atoms with Crippen LogP contribution in [0.5, 0.6) is 0 Å². The molecule has 0 N–H and O–H groups in total. The first kappa shape index (κ1) is 16.7. The van der Waals surface area contributed by atoms with Crippen molar-refractivity contribution >= 4 is 0 Å². The molecule has 134 valence electrons. The molecule has 0 amide bonds. The highest BCUT2D eigenvalue weighted by Gasteiger charge is 2.26. The summed E-state index contributed by atoms with van der Waals surface area (Å²) in [5, 5.41) is 0. The van der Waals surface area contributed by atoms with Gasteiger partial charge >= 0.3 is 0 Å². The quantitative estimate of drug-likeness (QED) is 0.826. The van der Waals surface area contributed by atoms with E-state index in [9.17, 15) is 0 Å². The van der Waals surface area contributed by atoms with E-state index in [2.05, 4.69) is 38.7 Å². The monoisotopic (exact) mass is 341 g/mol. The van der Waals surface area contributed by atoms with Gasteiger partial charge in [-0.15, -0.1) is 0 Å². The number of ether oxygens (including phenoxy) is 1. The fourth-order valence-electron chi connectivity index (χ4n) is 3.95. The van der Waals surface area contributed by atoms with Gasteiger partial charge in [-0.25, -0.2) is 4.98 Å². The molecule has 1 atom stereocenters. The van der Waals surface area contributed by atoms with Crippen LogP contribution in [0.25, 0.3) is 0 Å².